The number of hydrogen-bond acceptors (Lipinski definition) is 8. The molecular weight excluding hydrogens is 694 g/mol. The van der Waals surface area contributed by atoms with Gasteiger partial charge in [0.1, 0.15) is 0 Å². The van der Waals surface area contributed by atoms with Gasteiger partial charge in [0.15, 0.2) is 11.8 Å². The number of esters is 4. The molecule has 0 saturated heterocycles. The highest BCUT2D eigenvalue weighted by atomic mass is 31.1. The lowest BCUT2D eigenvalue weighted by molar-refractivity contribution is -0.160. The van der Waals surface area contributed by atoms with Gasteiger partial charge in [0.2, 0.25) is 0 Å². The van der Waals surface area contributed by atoms with Gasteiger partial charge >= 0.3 is 23.9 Å². The van der Waals surface area contributed by atoms with Crippen LogP contribution in [0.5, 0.6) is 0 Å². The van der Waals surface area contributed by atoms with Crippen molar-refractivity contribution in [2.24, 2.45) is 11.8 Å². The highest BCUT2D eigenvalue weighted by molar-refractivity contribution is 7.73. The highest BCUT2D eigenvalue weighted by Gasteiger charge is 2.46. The van der Waals surface area contributed by atoms with Crippen molar-refractivity contribution < 1.29 is 38.1 Å². The Morgan fingerprint density at radius 1 is 0.404 bits per heavy atom. The van der Waals surface area contributed by atoms with Crippen LogP contribution in [0.4, 0.5) is 0 Å². The summed E-state index contributed by atoms with van der Waals surface area (Å²) in [6, 6.07) is 47.7. The average Bonchev–Trinajstić information content (AvgIpc) is 3.21. The molecule has 0 spiro atoms. The molecular formula is C42H39O8P2. The van der Waals surface area contributed by atoms with E-state index in [1.807, 2.05) is 133 Å². The van der Waals surface area contributed by atoms with Crippen molar-refractivity contribution in [1.82, 2.24) is 0 Å². The average molecular weight is 734 g/mol. The molecule has 0 aliphatic carbocycles. The van der Waals surface area contributed by atoms with E-state index in [4.69, 9.17) is 18.9 Å². The predicted octanol–water partition coefficient (Wildman–Crippen LogP) is 5.76. The van der Waals surface area contributed by atoms with E-state index in [1.54, 1.807) is 6.07 Å². The van der Waals surface area contributed by atoms with E-state index in [0.717, 1.165) is 21.2 Å². The zero-order chi connectivity index (χ0) is 37.0. The van der Waals surface area contributed by atoms with Crippen LogP contribution in [0.3, 0.4) is 0 Å². The van der Waals surface area contributed by atoms with Gasteiger partial charge in [0.25, 0.3) is 0 Å². The van der Waals surface area contributed by atoms with Gasteiger partial charge < -0.3 is 18.9 Å². The molecule has 10 heteroatoms. The van der Waals surface area contributed by atoms with Crippen LogP contribution in [-0.4, -0.2) is 52.3 Å². The minimum Gasteiger partial charge on any atom is -0.468 e. The SMILES string of the molecule is COC(=O)C(C(=O)OC)[C@H](c1[c]c([C@@H](C(C(=O)OC)C(=O)OC)P(c2ccccc2)c2ccccc2)ccc1)P(c1ccccc1)c1ccccc1. The van der Waals surface area contributed by atoms with Crippen LogP contribution in [0.2, 0.25) is 0 Å². The number of benzene rings is 5. The van der Waals surface area contributed by atoms with Crippen LogP contribution >= 0.6 is 15.8 Å². The zero-order valence-corrected chi connectivity index (χ0v) is 31.0. The molecule has 0 bridgehead atoms. The summed E-state index contributed by atoms with van der Waals surface area (Å²) in [6.07, 6.45) is 0. The smallest absolute Gasteiger partial charge is 0.321 e. The maximum absolute atomic E-state index is 13.7. The van der Waals surface area contributed by atoms with E-state index >= 15 is 0 Å². The van der Waals surface area contributed by atoms with Crippen molar-refractivity contribution in [3.05, 3.63) is 157 Å². The van der Waals surface area contributed by atoms with Crippen LogP contribution in [0.1, 0.15) is 22.4 Å². The van der Waals surface area contributed by atoms with E-state index < -0.39 is 62.9 Å². The van der Waals surface area contributed by atoms with E-state index in [2.05, 4.69) is 6.07 Å². The molecule has 8 nitrogen and oxygen atoms in total. The Labute approximate surface area is 306 Å². The summed E-state index contributed by atoms with van der Waals surface area (Å²) in [4.78, 5) is 54.8. The van der Waals surface area contributed by atoms with Gasteiger partial charge in [-0.3, -0.25) is 19.2 Å². The molecule has 265 valence electrons. The molecule has 0 fully saturated rings. The first-order chi connectivity index (χ1) is 25.3. The fraction of sp³-hybridized carbons (Fsp3) is 0.190. The molecule has 0 aromatic heterocycles. The molecule has 0 aliphatic heterocycles. The van der Waals surface area contributed by atoms with Crippen LogP contribution in [-0.2, 0) is 38.1 Å². The van der Waals surface area contributed by atoms with Gasteiger partial charge in [0, 0.05) is 11.3 Å². The Balaban J connectivity index is 1.84. The minimum atomic E-state index is -1.50. The van der Waals surface area contributed by atoms with Crippen molar-refractivity contribution in [3.8, 4) is 0 Å². The number of methoxy groups -OCH3 is 4. The van der Waals surface area contributed by atoms with E-state index in [1.165, 1.54) is 28.4 Å². The molecule has 0 N–H and O–H groups in total. The first-order valence-electron chi connectivity index (χ1n) is 16.5. The van der Waals surface area contributed by atoms with E-state index in [0.29, 0.717) is 11.1 Å². The lowest BCUT2D eigenvalue weighted by atomic mass is 9.93. The third kappa shape index (κ3) is 8.48. The molecule has 0 amide bonds. The van der Waals surface area contributed by atoms with Crippen molar-refractivity contribution >= 4 is 60.9 Å². The summed E-state index contributed by atoms with van der Waals surface area (Å²) in [7, 11) is 1.96. The maximum atomic E-state index is 13.7. The molecule has 2 atom stereocenters. The Bertz CT molecular complexity index is 1690. The topological polar surface area (TPSA) is 105 Å². The van der Waals surface area contributed by atoms with Crippen LogP contribution in [0.25, 0.3) is 0 Å². The normalized spacial score (nSPS) is 12.3. The Morgan fingerprint density at radius 3 is 0.885 bits per heavy atom. The largest absolute Gasteiger partial charge is 0.468 e. The fourth-order valence-electron chi connectivity index (χ4n) is 6.30. The Hall–Kier alpha value is -5.16. The quantitative estimate of drug-likeness (QED) is 0.0615. The van der Waals surface area contributed by atoms with Gasteiger partial charge in [-0.25, -0.2) is 0 Å². The first kappa shape index (κ1) is 38.1. The molecule has 0 unspecified atom stereocenters. The predicted molar refractivity (Wildman–Crippen MR) is 204 cm³/mol. The van der Waals surface area contributed by atoms with Crippen LogP contribution in [0, 0.1) is 17.9 Å². The summed E-state index contributed by atoms with van der Waals surface area (Å²) in [5, 5.41) is 3.61. The van der Waals surface area contributed by atoms with Crippen molar-refractivity contribution in [1.29, 1.82) is 0 Å². The third-order valence-electron chi connectivity index (χ3n) is 8.62. The van der Waals surface area contributed by atoms with Crippen molar-refractivity contribution in [3.63, 3.8) is 0 Å². The number of rotatable bonds is 14. The van der Waals surface area contributed by atoms with Crippen LogP contribution in [0.15, 0.2) is 140 Å². The first-order valence-corrected chi connectivity index (χ1v) is 19.3. The Morgan fingerprint density at radius 2 is 0.654 bits per heavy atom. The lowest BCUT2D eigenvalue weighted by Gasteiger charge is -2.35. The minimum absolute atomic E-state index is 0.506. The fourth-order valence-corrected chi connectivity index (χ4v) is 12.1. The van der Waals surface area contributed by atoms with Gasteiger partial charge in [-0.2, -0.15) is 0 Å². The standard InChI is InChI=1S/C42H39O8P2/c1-47-39(43)35(40(44)48-2)37(51(31-20-9-5-10-21-31)32-22-11-6-12-23-32)29-18-17-19-30(28-29)38(36(41(45)49-3)42(46)50-4)52(33-24-13-7-14-25-33)34-26-15-8-16-27-34/h5-27,35-38H,1-4H3/t37-,38-/m0/s1. The zero-order valence-electron chi connectivity index (χ0n) is 29.2. The van der Waals surface area contributed by atoms with Gasteiger partial charge in [-0.05, 0) is 54.3 Å². The molecule has 0 heterocycles. The number of carbonyl (C=O) groups excluding carboxylic acids is 4. The summed E-state index contributed by atoms with van der Waals surface area (Å²) in [5.74, 6) is -5.80. The lowest BCUT2D eigenvalue weighted by Crippen LogP contribution is -2.36. The number of ether oxygens (including phenoxy) is 4. The Kier molecular flexibility index (Phi) is 13.4. The molecule has 1 radical (unpaired) electrons. The van der Waals surface area contributed by atoms with Crippen LogP contribution < -0.4 is 21.2 Å². The summed E-state index contributed by atoms with van der Waals surface area (Å²) in [6.45, 7) is 0. The van der Waals surface area contributed by atoms with E-state index in [-0.39, 0.29) is 0 Å². The van der Waals surface area contributed by atoms with Gasteiger partial charge in [-0.1, -0.05) is 140 Å². The van der Waals surface area contributed by atoms with Crippen molar-refractivity contribution in [2.75, 3.05) is 28.4 Å². The molecule has 0 aliphatic rings. The summed E-state index contributed by atoms with van der Waals surface area (Å²) < 4.78 is 21.0. The second kappa shape index (κ2) is 18.4. The molecule has 5 aromatic carbocycles. The third-order valence-corrected chi connectivity index (χ3v) is 14.3. The molecule has 5 aromatic rings. The second-order valence-corrected chi connectivity index (χ2v) is 16.2. The number of carbonyl (C=O) groups is 4. The van der Waals surface area contributed by atoms with E-state index in [9.17, 15) is 19.2 Å². The molecule has 0 saturated carbocycles. The molecule has 52 heavy (non-hydrogen) atoms. The number of hydrogen-bond donors (Lipinski definition) is 0. The highest BCUT2D eigenvalue weighted by Crippen LogP contribution is 2.57. The van der Waals surface area contributed by atoms with Crippen molar-refractivity contribution in [2.45, 2.75) is 11.3 Å². The molecule has 5 rings (SSSR count). The second-order valence-electron chi connectivity index (χ2n) is 11.6. The monoisotopic (exact) mass is 733 g/mol. The van der Waals surface area contributed by atoms with Gasteiger partial charge in [-0.15, -0.1) is 0 Å². The van der Waals surface area contributed by atoms with Gasteiger partial charge in [0.05, 0.1) is 28.4 Å². The summed E-state index contributed by atoms with van der Waals surface area (Å²) >= 11 is 0. The summed E-state index contributed by atoms with van der Waals surface area (Å²) in [5.41, 5.74) is -0.664. The maximum Gasteiger partial charge on any atom is 0.321 e.